The Balaban J connectivity index is 1.74. The van der Waals surface area contributed by atoms with Gasteiger partial charge in [0.25, 0.3) is 5.56 Å². The third kappa shape index (κ3) is 2.05. The van der Waals surface area contributed by atoms with Crippen LogP contribution in [0.15, 0.2) is 35.1 Å². The molecule has 0 saturated carbocycles. The van der Waals surface area contributed by atoms with Crippen LogP contribution in [0.25, 0.3) is 10.9 Å². The first kappa shape index (κ1) is 12.9. The number of benzene rings is 1. The van der Waals surface area contributed by atoms with Crippen molar-refractivity contribution in [2.24, 2.45) is 7.05 Å². The number of para-hydroxylation sites is 1. The van der Waals surface area contributed by atoms with E-state index in [-0.39, 0.29) is 5.56 Å². The summed E-state index contributed by atoms with van der Waals surface area (Å²) in [5.41, 5.74) is 2.04. The van der Waals surface area contributed by atoms with Crippen LogP contribution in [-0.2, 0) is 7.05 Å². The second kappa shape index (κ2) is 4.88. The van der Waals surface area contributed by atoms with Gasteiger partial charge in [-0.25, -0.2) is 0 Å². The summed E-state index contributed by atoms with van der Waals surface area (Å²) in [5, 5.41) is 4.80. The molecule has 110 valence electrons. The zero-order valence-electron chi connectivity index (χ0n) is 12.4. The Morgan fingerprint density at radius 2 is 2.05 bits per heavy atom. The second-order valence-corrected chi connectivity index (χ2v) is 6.26. The van der Waals surface area contributed by atoms with Gasteiger partial charge in [-0.1, -0.05) is 18.2 Å². The van der Waals surface area contributed by atoms with E-state index in [1.54, 1.807) is 10.6 Å². The van der Waals surface area contributed by atoms with Gasteiger partial charge in [0.05, 0.1) is 5.52 Å². The fraction of sp³-hybridized carbons (Fsp3) is 0.471. The van der Waals surface area contributed by atoms with Crippen molar-refractivity contribution in [3.8, 4) is 0 Å². The van der Waals surface area contributed by atoms with Crippen LogP contribution in [0.2, 0.25) is 0 Å². The molecule has 21 heavy (non-hydrogen) atoms. The molecule has 2 unspecified atom stereocenters. The normalized spacial score (nSPS) is 25.4. The first-order valence-corrected chi connectivity index (χ1v) is 7.83. The van der Waals surface area contributed by atoms with Crippen LogP contribution >= 0.6 is 0 Å². The molecule has 4 nitrogen and oxygen atoms in total. The Hall–Kier alpha value is -1.81. The molecule has 4 rings (SSSR count). The van der Waals surface area contributed by atoms with Crippen molar-refractivity contribution < 1.29 is 0 Å². The molecule has 0 spiro atoms. The fourth-order valence-electron chi connectivity index (χ4n) is 3.98. The van der Waals surface area contributed by atoms with Crippen molar-refractivity contribution in [2.45, 2.75) is 31.3 Å². The third-order valence-electron chi connectivity index (χ3n) is 5.10. The molecule has 2 aliphatic rings. The predicted molar refractivity (Wildman–Crippen MR) is 85.8 cm³/mol. The average Bonchev–Trinajstić information content (AvgIpc) is 3.09. The van der Waals surface area contributed by atoms with Crippen molar-refractivity contribution in [1.29, 1.82) is 0 Å². The molecule has 1 N–H and O–H groups in total. The van der Waals surface area contributed by atoms with E-state index < -0.39 is 0 Å². The van der Waals surface area contributed by atoms with E-state index in [0.29, 0.717) is 12.1 Å². The van der Waals surface area contributed by atoms with Gasteiger partial charge in [-0.15, -0.1) is 0 Å². The number of aromatic nitrogens is 1. The van der Waals surface area contributed by atoms with Crippen LogP contribution in [0.4, 0.5) is 5.69 Å². The van der Waals surface area contributed by atoms with E-state index in [2.05, 4.69) is 16.3 Å². The van der Waals surface area contributed by atoms with Crippen LogP contribution in [0.5, 0.6) is 0 Å². The van der Waals surface area contributed by atoms with E-state index in [1.165, 1.54) is 32.4 Å². The number of anilines is 1. The van der Waals surface area contributed by atoms with Crippen LogP contribution in [0.1, 0.15) is 19.3 Å². The molecule has 0 bridgehead atoms. The minimum absolute atomic E-state index is 0.0532. The zero-order valence-corrected chi connectivity index (χ0v) is 12.4. The molecule has 1 aromatic carbocycles. The molecule has 3 heterocycles. The smallest absolute Gasteiger partial charge is 0.252 e. The highest BCUT2D eigenvalue weighted by molar-refractivity contribution is 5.91. The maximum absolute atomic E-state index is 12.2. The SMILES string of the molecule is Cn1c(=O)cc(NC2CCN3CCCC23)c2ccccc21. The van der Waals surface area contributed by atoms with Crippen LogP contribution in [-0.4, -0.2) is 34.6 Å². The molecule has 2 aromatic rings. The van der Waals surface area contributed by atoms with Crippen LogP contribution in [0.3, 0.4) is 0 Å². The number of rotatable bonds is 2. The molecular weight excluding hydrogens is 262 g/mol. The first-order chi connectivity index (χ1) is 10.2. The quantitative estimate of drug-likeness (QED) is 0.918. The molecular formula is C17H21N3O. The van der Waals surface area contributed by atoms with Crippen molar-refractivity contribution in [2.75, 3.05) is 18.4 Å². The summed E-state index contributed by atoms with van der Waals surface area (Å²) in [6.45, 7) is 2.42. The number of pyridine rings is 1. The molecule has 2 aliphatic heterocycles. The van der Waals surface area contributed by atoms with Gasteiger partial charge in [0.1, 0.15) is 0 Å². The predicted octanol–water partition coefficient (Wildman–Crippen LogP) is 2.19. The monoisotopic (exact) mass is 283 g/mol. The minimum atomic E-state index is 0.0532. The third-order valence-corrected chi connectivity index (χ3v) is 5.10. The van der Waals surface area contributed by atoms with E-state index in [0.717, 1.165) is 16.6 Å². The maximum Gasteiger partial charge on any atom is 0.252 e. The van der Waals surface area contributed by atoms with Crippen molar-refractivity contribution in [3.63, 3.8) is 0 Å². The summed E-state index contributed by atoms with van der Waals surface area (Å²) in [4.78, 5) is 14.8. The number of aryl methyl sites for hydroxylation is 1. The highest BCUT2D eigenvalue weighted by atomic mass is 16.1. The van der Waals surface area contributed by atoms with Gasteiger partial charge in [0.2, 0.25) is 0 Å². The maximum atomic E-state index is 12.2. The Morgan fingerprint density at radius 1 is 1.19 bits per heavy atom. The van der Waals surface area contributed by atoms with Gasteiger partial charge < -0.3 is 9.88 Å². The number of hydrogen-bond donors (Lipinski definition) is 1. The van der Waals surface area contributed by atoms with E-state index in [9.17, 15) is 4.79 Å². The number of fused-ring (bicyclic) bond motifs is 2. The van der Waals surface area contributed by atoms with Gasteiger partial charge in [-0.2, -0.15) is 0 Å². The van der Waals surface area contributed by atoms with E-state index in [4.69, 9.17) is 0 Å². The van der Waals surface area contributed by atoms with Crippen molar-refractivity contribution >= 4 is 16.6 Å². The lowest BCUT2D eigenvalue weighted by Gasteiger charge is -2.23. The lowest BCUT2D eigenvalue weighted by molar-refractivity contribution is 0.318. The zero-order chi connectivity index (χ0) is 14.4. The Bertz CT molecular complexity index is 736. The van der Waals surface area contributed by atoms with Crippen molar-refractivity contribution in [1.82, 2.24) is 9.47 Å². The topological polar surface area (TPSA) is 37.3 Å². The number of hydrogen-bond acceptors (Lipinski definition) is 3. The summed E-state index contributed by atoms with van der Waals surface area (Å²) in [6, 6.07) is 11.0. The fourth-order valence-corrected chi connectivity index (χ4v) is 3.98. The first-order valence-electron chi connectivity index (χ1n) is 7.83. The van der Waals surface area contributed by atoms with Gasteiger partial charge in [-0.3, -0.25) is 9.69 Å². The number of nitrogens with one attached hydrogen (secondary N) is 1. The summed E-state index contributed by atoms with van der Waals surface area (Å²) >= 11 is 0. The van der Waals surface area contributed by atoms with Crippen molar-refractivity contribution in [3.05, 3.63) is 40.7 Å². The second-order valence-electron chi connectivity index (χ2n) is 6.26. The number of nitrogens with zero attached hydrogens (tertiary/aromatic N) is 2. The molecule has 4 heteroatoms. The standard InChI is InChI=1S/C17H21N3O/c1-19-15-6-3-2-5-12(15)14(11-17(19)21)18-13-8-10-20-9-4-7-16(13)20/h2-3,5-6,11,13,16,18H,4,7-10H2,1H3. The molecule has 0 aliphatic carbocycles. The summed E-state index contributed by atoms with van der Waals surface area (Å²) in [6.07, 6.45) is 3.76. The molecule has 0 amide bonds. The Morgan fingerprint density at radius 3 is 2.95 bits per heavy atom. The molecule has 2 atom stereocenters. The van der Waals surface area contributed by atoms with Gasteiger partial charge in [-0.05, 0) is 31.9 Å². The molecule has 2 saturated heterocycles. The highest BCUT2D eigenvalue weighted by Crippen LogP contribution is 2.31. The van der Waals surface area contributed by atoms with Crippen LogP contribution in [0, 0.1) is 0 Å². The lowest BCUT2D eigenvalue weighted by atomic mass is 10.1. The summed E-state index contributed by atoms with van der Waals surface area (Å²) in [7, 11) is 1.84. The van der Waals surface area contributed by atoms with E-state index >= 15 is 0 Å². The van der Waals surface area contributed by atoms with Crippen LogP contribution < -0.4 is 10.9 Å². The van der Waals surface area contributed by atoms with E-state index in [1.807, 2.05) is 25.2 Å². The molecule has 2 fully saturated rings. The minimum Gasteiger partial charge on any atom is -0.380 e. The average molecular weight is 283 g/mol. The highest BCUT2D eigenvalue weighted by Gasteiger charge is 2.37. The molecule has 0 radical (unpaired) electrons. The molecule has 1 aromatic heterocycles. The van der Waals surface area contributed by atoms with Gasteiger partial charge in [0.15, 0.2) is 0 Å². The summed E-state index contributed by atoms with van der Waals surface area (Å²) in [5.74, 6) is 0. The Kier molecular flexibility index (Phi) is 3.00. The largest absolute Gasteiger partial charge is 0.380 e. The van der Waals surface area contributed by atoms with Gasteiger partial charge in [0, 0.05) is 42.8 Å². The van der Waals surface area contributed by atoms with Gasteiger partial charge >= 0.3 is 0 Å². The summed E-state index contributed by atoms with van der Waals surface area (Å²) < 4.78 is 1.72. The lowest BCUT2D eigenvalue weighted by Crippen LogP contribution is -2.34. The Labute approximate surface area is 124 Å².